The smallest absolute Gasteiger partial charge is 0.362 e. The summed E-state index contributed by atoms with van der Waals surface area (Å²) in [5.74, 6) is 0.308. The highest BCUT2D eigenvalue weighted by Gasteiger charge is 2.18. The highest BCUT2D eigenvalue weighted by Crippen LogP contribution is 2.24. The van der Waals surface area contributed by atoms with Crippen molar-refractivity contribution in [1.82, 2.24) is 15.4 Å². The van der Waals surface area contributed by atoms with Gasteiger partial charge >= 0.3 is 5.63 Å². The summed E-state index contributed by atoms with van der Waals surface area (Å²) in [4.78, 5) is 12.4. The van der Waals surface area contributed by atoms with Gasteiger partial charge in [-0.3, -0.25) is 5.10 Å². The molecule has 2 heterocycles. The standard InChI is InChI=1S/C16H16N6O3/c1-2-5-12(9-18-24)20-22(15-10-17-21-19-15)13-8-11-6-3-4-7-14(11)25-16(13)23/h3-4,6-10,24H,2,5H2,1H3,(H,17,19,21). The summed E-state index contributed by atoms with van der Waals surface area (Å²) >= 11 is 0. The zero-order valence-electron chi connectivity index (χ0n) is 13.5. The Morgan fingerprint density at radius 2 is 2.28 bits per heavy atom. The van der Waals surface area contributed by atoms with Crippen molar-refractivity contribution in [3.05, 3.63) is 46.9 Å². The maximum atomic E-state index is 12.4. The van der Waals surface area contributed by atoms with Gasteiger partial charge in [-0.25, -0.2) is 9.80 Å². The van der Waals surface area contributed by atoms with Crippen LogP contribution in [0.15, 0.2) is 56.0 Å². The molecule has 0 aliphatic rings. The molecule has 0 aliphatic heterocycles. The topological polar surface area (TPSA) is 120 Å². The zero-order chi connectivity index (χ0) is 17.6. The normalized spacial score (nSPS) is 12.1. The molecule has 3 aromatic rings. The molecule has 0 amide bonds. The quantitative estimate of drug-likeness (QED) is 0.308. The van der Waals surface area contributed by atoms with E-state index in [4.69, 9.17) is 9.62 Å². The van der Waals surface area contributed by atoms with Crippen molar-refractivity contribution >= 4 is 34.4 Å². The van der Waals surface area contributed by atoms with E-state index in [0.717, 1.165) is 11.8 Å². The van der Waals surface area contributed by atoms with Gasteiger partial charge in [0.1, 0.15) is 5.58 Å². The number of para-hydroxylation sites is 1. The number of oxime groups is 1. The van der Waals surface area contributed by atoms with Crippen LogP contribution >= 0.6 is 0 Å². The van der Waals surface area contributed by atoms with Gasteiger partial charge in [0.2, 0.25) is 0 Å². The molecule has 2 aromatic heterocycles. The molecule has 0 saturated heterocycles. The number of benzene rings is 1. The molecule has 0 radical (unpaired) electrons. The minimum absolute atomic E-state index is 0.174. The van der Waals surface area contributed by atoms with Crippen molar-refractivity contribution in [2.75, 3.05) is 5.01 Å². The summed E-state index contributed by atoms with van der Waals surface area (Å²) < 4.78 is 5.37. The van der Waals surface area contributed by atoms with Gasteiger partial charge in [-0.15, -0.1) is 5.10 Å². The van der Waals surface area contributed by atoms with Crippen LogP contribution in [0.1, 0.15) is 19.8 Å². The zero-order valence-corrected chi connectivity index (χ0v) is 13.5. The van der Waals surface area contributed by atoms with Gasteiger partial charge in [0.25, 0.3) is 0 Å². The van der Waals surface area contributed by atoms with Crippen LogP contribution in [0.25, 0.3) is 11.0 Å². The lowest BCUT2D eigenvalue weighted by molar-refractivity contribution is 0.322. The number of fused-ring (bicyclic) bond motifs is 1. The second-order valence-corrected chi connectivity index (χ2v) is 5.19. The number of anilines is 2. The van der Waals surface area contributed by atoms with Crippen LogP contribution < -0.4 is 10.6 Å². The van der Waals surface area contributed by atoms with Crippen LogP contribution in [0, 0.1) is 0 Å². The van der Waals surface area contributed by atoms with Gasteiger partial charge in [0.05, 0.1) is 18.1 Å². The van der Waals surface area contributed by atoms with Gasteiger partial charge < -0.3 is 9.62 Å². The van der Waals surface area contributed by atoms with Crippen LogP contribution in [0.2, 0.25) is 0 Å². The third-order valence-corrected chi connectivity index (χ3v) is 3.41. The number of hydrogen-bond acceptors (Lipinski definition) is 8. The van der Waals surface area contributed by atoms with E-state index < -0.39 is 5.63 Å². The number of aromatic nitrogens is 3. The monoisotopic (exact) mass is 340 g/mol. The summed E-state index contributed by atoms with van der Waals surface area (Å²) in [6, 6.07) is 8.84. The van der Waals surface area contributed by atoms with Crippen LogP contribution in [0.5, 0.6) is 0 Å². The lowest BCUT2D eigenvalue weighted by Crippen LogP contribution is -2.20. The van der Waals surface area contributed by atoms with Crippen LogP contribution in [-0.4, -0.2) is 32.5 Å². The van der Waals surface area contributed by atoms with Gasteiger partial charge in [-0.1, -0.05) is 41.9 Å². The van der Waals surface area contributed by atoms with E-state index in [1.165, 1.54) is 17.4 Å². The summed E-state index contributed by atoms with van der Waals surface area (Å²) in [5, 5.41) is 28.5. The summed E-state index contributed by atoms with van der Waals surface area (Å²) in [6.45, 7) is 1.96. The first-order valence-corrected chi connectivity index (χ1v) is 7.67. The molecule has 128 valence electrons. The fraction of sp³-hybridized carbons (Fsp3) is 0.188. The fourth-order valence-electron chi connectivity index (χ4n) is 2.32. The molecule has 0 bridgehead atoms. The lowest BCUT2D eigenvalue weighted by atomic mass is 10.2. The summed E-state index contributed by atoms with van der Waals surface area (Å²) in [6.07, 6.45) is 4.05. The molecule has 0 unspecified atom stereocenters. The molecule has 9 heteroatoms. The van der Waals surface area contributed by atoms with Gasteiger partial charge in [0.15, 0.2) is 11.5 Å². The predicted octanol–water partition coefficient (Wildman–Crippen LogP) is 2.67. The Hall–Kier alpha value is -3.49. The van der Waals surface area contributed by atoms with Crippen molar-refractivity contribution in [2.24, 2.45) is 10.3 Å². The Kier molecular flexibility index (Phi) is 4.84. The first kappa shape index (κ1) is 16.4. The molecule has 0 spiro atoms. The van der Waals surface area contributed by atoms with E-state index >= 15 is 0 Å². The molecule has 25 heavy (non-hydrogen) atoms. The van der Waals surface area contributed by atoms with E-state index in [0.29, 0.717) is 23.5 Å². The number of aromatic amines is 1. The van der Waals surface area contributed by atoms with Gasteiger partial charge in [-0.2, -0.15) is 5.10 Å². The van der Waals surface area contributed by atoms with E-state index in [1.54, 1.807) is 18.2 Å². The largest absolute Gasteiger partial charge is 0.421 e. The number of nitrogens with zero attached hydrogens (tertiary/aromatic N) is 5. The average molecular weight is 340 g/mol. The molecular weight excluding hydrogens is 324 g/mol. The number of nitrogens with one attached hydrogen (secondary N) is 1. The Morgan fingerprint density at radius 3 is 3.00 bits per heavy atom. The van der Waals surface area contributed by atoms with Crippen molar-refractivity contribution in [3.8, 4) is 0 Å². The molecule has 9 nitrogen and oxygen atoms in total. The Morgan fingerprint density at radius 1 is 1.44 bits per heavy atom. The number of hydrogen-bond donors (Lipinski definition) is 2. The van der Waals surface area contributed by atoms with Gasteiger partial charge in [0, 0.05) is 5.39 Å². The first-order valence-electron chi connectivity index (χ1n) is 7.67. The number of H-pyrrole nitrogens is 1. The second-order valence-electron chi connectivity index (χ2n) is 5.19. The van der Waals surface area contributed by atoms with Crippen molar-refractivity contribution in [1.29, 1.82) is 0 Å². The van der Waals surface area contributed by atoms with Crippen LogP contribution in [0.4, 0.5) is 11.5 Å². The summed E-state index contributed by atoms with van der Waals surface area (Å²) in [5.41, 5.74) is 0.557. The molecular formula is C16H16N6O3. The summed E-state index contributed by atoms with van der Waals surface area (Å²) in [7, 11) is 0. The van der Waals surface area contributed by atoms with Gasteiger partial charge in [-0.05, 0) is 18.6 Å². The Balaban J connectivity index is 2.17. The Bertz CT molecular complexity index is 961. The highest BCUT2D eigenvalue weighted by atomic mass is 16.4. The lowest BCUT2D eigenvalue weighted by Gasteiger charge is -2.16. The fourth-order valence-corrected chi connectivity index (χ4v) is 2.32. The van der Waals surface area contributed by atoms with Crippen LogP contribution in [-0.2, 0) is 0 Å². The van der Waals surface area contributed by atoms with E-state index in [1.807, 2.05) is 19.1 Å². The molecule has 1 aromatic carbocycles. The molecule has 3 rings (SSSR count). The van der Waals surface area contributed by atoms with Crippen molar-refractivity contribution in [2.45, 2.75) is 19.8 Å². The second kappa shape index (κ2) is 7.39. The number of rotatable bonds is 6. The third kappa shape index (κ3) is 3.55. The maximum Gasteiger partial charge on any atom is 0.362 e. The molecule has 0 aliphatic carbocycles. The predicted molar refractivity (Wildman–Crippen MR) is 93.6 cm³/mol. The minimum atomic E-state index is -0.567. The van der Waals surface area contributed by atoms with Crippen LogP contribution in [0.3, 0.4) is 0 Å². The Labute approximate surface area is 142 Å². The van der Waals surface area contributed by atoms with Crippen molar-refractivity contribution in [3.63, 3.8) is 0 Å². The van der Waals surface area contributed by atoms with E-state index in [-0.39, 0.29) is 5.69 Å². The molecule has 0 atom stereocenters. The third-order valence-electron chi connectivity index (χ3n) is 3.41. The average Bonchev–Trinajstić information content (AvgIpc) is 3.14. The maximum absolute atomic E-state index is 12.4. The number of hydrazone groups is 1. The first-order chi connectivity index (χ1) is 12.2. The highest BCUT2D eigenvalue weighted by molar-refractivity contribution is 6.30. The minimum Gasteiger partial charge on any atom is -0.421 e. The SMILES string of the molecule is CCCC(C=NO)=NN(c1c[nH]nn1)c1cc2ccccc2oc1=O. The molecule has 0 saturated carbocycles. The van der Waals surface area contributed by atoms with E-state index in [9.17, 15) is 4.79 Å². The molecule has 0 fully saturated rings. The van der Waals surface area contributed by atoms with E-state index in [2.05, 4.69) is 25.7 Å². The molecule has 2 N–H and O–H groups in total. The van der Waals surface area contributed by atoms with Crippen molar-refractivity contribution < 1.29 is 9.62 Å².